The number of nitrogens with zero attached hydrogens (tertiary/aromatic N) is 4. The summed E-state index contributed by atoms with van der Waals surface area (Å²) < 4.78 is 1.64. The van der Waals surface area contributed by atoms with Crippen molar-refractivity contribution in [2.75, 3.05) is 0 Å². The molecule has 0 bridgehead atoms. The van der Waals surface area contributed by atoms with Crippen LogP contribution in [0.2, 0.25) is 0 Å². The fourth-order valence-corrected chi connectivity index (χ4v) is 1.13. The van der Waals surface area contributed by atoms with Gasteiger partial charge in [0.05, 0.1) is 5.92 Å². The number of carbonyl (C=O) groups is 1. The number of aliphatic carboxylic acids is 1. The topological polar surface area (TPSA) is 80.9 Å². The van der Waals surface area contributed by atoms with Crippen LogP contribution in [0.15, 0.2) is 6.33 Å². The third kappa shape index (κ3) is 3.51. The molecule has 0 aromatic carbocycles. The van der Waals surface area contributed by atoms with E-state index in [9.17, 15) is 4.79 Å². The van der Waals surface area contributed by atoms with Gasteiger partial charge in [0, 0.05) is 6.54 Å². The standard InChI is InChI=1S/C8H14N4O2/c1-7(8(13)14)4-2-3-5-12-6-9-10-11-12/h6-7H,2-5H2,1H3,(H,13,14). The van der Waals surface area contributed by atoms with E-state index in [1.807, 2.05) is 0 Å². The minimum Gasteiger partial charge on any atom is -0.481 e. The van der Waals surface area contributed by atoms with Gasteiger partial charge in [0.25, 0.3) is 0 Å². The number of carboxylic acid groups (broad SMARTS) is 1. The molecule has 0 aliphatic heterocycles. The van der Waals surface area contributed by atoms with Crippen LogP contribution in [0.3, 0.4) is 0 Å². The summed E-state index contributed by atoms with van der Waals surface area (Å²) in [6.45, 7) is 2.47. The first-order valence-electron chi connectivity index (χ1n) is 4.63. The van der Waals surface area contributed by atoms with Gasteiger partial charge in [-0.2, -0.15) is 0 Å². The Hall–Kier alpha value is -1.46. The lowest BCUT2D eigenvalue weighted by atomic mass is 10.0. The molecule has 6 heteroatoms. The Bertz CT molecular complexity index is 273. The summed E-state index contributed by atoms with van der Waals surface area (Å²) in [4.78, 5) is 10.5. The molecule has 0 spiro atoms. The minimum absolute atomic E-state index is 0.260. The number of hydrogen-bond acceptors (Lipinski definition) is 4. The average molecular weight is 198 g/mol. The maximum absolute atomic E-state index is 10.5. The largest absolute Gasteiger partial charge is 0.481 e. The van der Waals surface area contributed by atoms with Crippen LogP contribution >= 0.6 is 0 Å². The predicted octanol–water partition coefficient (Wildman–Crippen LogP) is 0.564. The first kappa shape index (κ1) is 10.6. The number of aryl methyl sites for hydroxylation is 1. The van der Waals surface area contributed by atoms with Crippen LogP contribution in [0.5, 0.6) is 0 Å². The molecule has 0 amide bonds. The Morgan fingerprint density at radius 3 is 2.93 bits per heavy atom. The molecule has 1 heterocycles. The Morgan fingerprint density at radius 1 is 1.57 bits per heavy atom. The molecule has 0 aliphatic rings. The number of rotatable bonds is 6. The number of carboxylic acids is 1. The Morgan fingerprint density at radius 2 is 2.36 bits per heavy atom. The maximum atomic E-state index is 10.5. The zero-order valence-electron chi connectivity index (χ0n) is 8.13. The van der Waals surface area contributed by atoms with Crippen LogP contribution in [0.4, 0.5) is 0 Å². The van der Waals surface area contributed by atoms with Crippen LogP contribution in [-0.2, 0) is 11.3 Å². The van der Waals surface area contributed by atoms with Crippen LogP contribution < -0.4 is 0 Å². The van der Waals surface area contributed by atoms with Crippen LogP contribution in [0.25, 0.3) is 0 Å². The SMILES string of the molecule is CC(CCCCn1cnnn1)C(=O)O. The van der Waals surface area contributed by atoms with E-state index in [4.69, 9.17) is 5.11 Å². The molecule has 0 aliphatic carbocycles. The highest BCUT2D eigenvalue weighted by atomic mass is 16.4. The van der Waals surface area contributed by atoms with Crippen molar-refractivity contribution < 1.29 is 9.90 Å². The van der Waals surface area contributed by atoms with E-state index < -0.39 is 5.97 Å². The van der Waals surface area contributed by atoms with Gasteiger partial charge in [0.1, 0.15) is 6.33 Å². The molecule has 0 fully saturated rings. The quantitative estimate of drug-likeness (QED) is 0.675. The first-order valence-corrected chi connectivity index (χ1v) is 4.63. The van der Waals surface area contributed by atoms with E-state index in [-0.39, 0.29) is 5.92 Å². The molecule has 1 unspecified atom stereocenters. The molecule has 1 rings (SSSR count). The van der Waals surface area contributed by atoms with E-state index in [0.29, 0.717) is 6.42 Å². The van der Waals surface area contributed by atoms with Crippen molar-refractivity contribution >= 4 is 5.97 Å². The summed E-state index contributed by atoms with van der Waals surface area (Å²) in [5.74, 6) is -0.990. The van der Waals surface area contributed by atoms with E-state index in [1.165, 1.54) is 0 Å². The van der Waals surface area contributed by atoms with Gasteiger partial charge in [-0.25, -0.2) is 4.68 Å². The lowest BCUT2D eigenvalue weighted by Gasteiger charge is -2.04. The van der Waals surface area contributed by atoms with Crippen molar-refractivity contribution in [3.05, 3.63) is 6.33 Å². The van der Waals surface area contributed by atoms with Gasteiger partial charge in [-0.1, -0.05) is 13.3 Å². The van der Waals surface area contributed by atoms with E-state index in [0.717, 1.165) is 19.4 Å². The molecule has 1 atom stereocenters. The minimum atomic E-state index is -0.729. The van der Waals surface area contributed by atoms with Gasteiger partial charge in [-0.05, 0) is 23.3 Å². The zero-order chi connectivity index (χ0) is 10.4. The summed E-state index contributed by atoms with van der Waals surface area (Å²) in [6, 6.07) is 0. The van der Waals surface area contributed by atoms with Crippen molar-refractivity contribution in [3.8, 4) is 0 Å². The van der Waals surface area contributed by atoms with Gasteiger partial charge in [-0.15, -0.1) is 5.10 Å². The van der Waals surface area contributed by atoms with Gasteiger partial charge >= 0.3 is 5.97 Å². The van der Waals surface area contributed by atoms with Crippen molar-refractivity contribution in [1.29, 1.82) is 0 Å². The fourth-order valence-electron chi connectivity index (χ4n) is 1.13. The lowest BCUT2D eigenvalue weighted by molar-refractivity contribution is -0.141. The Balaban J connectivity index is 2.08. The molecule has 1 N–H and O–H groups in total. The molecule has 0 saturated heterocycles. The van der Waals surface area contributed by atoms with E-state index in [2.05, 4.69) is 15.5 Å². The number of tetrazole rings is 1. The number of unbranched alkanes of at least 4 members (excludes halogenated alkanes) is 1. The molecular formula is C8H14N4O2. The highest BCUT2D eigenvalue weighted by Crippen LogP contribution is 2.08. The third-order valence-electron chi connectivity index (χ3n) is 2.09. The molecule has 14 heavy (non-hydrogen) atoms. The third-order valence-corrected chi connectivity index (χ3v) is 2.09. The van der Waals surface area contributed by atoms with Gasteiger partial charge < -0.3 is 5.11 Å². The second-order valence-electron chi connectivity index (χ2n) is 3.31. The van der Waals surface area contributed by atoms with Crippen LogP contribution in [-0.4, -0.2) is 31.3 Å². The summed E-state index contributed by atoms with van der Waals surface area (Å²) >= 11 is 0. The highest BCUT2D eigenvalue weighted by molar-refractivity contribution is 5.69. The van der Waals surface area contributed by atoms with E-state index in [1.54, 1.807) is 17.9 Å². The zero-order valence-corrected chi connectivity index (χ0v) is 8.13. The Labute approximate surface area is 81.9 Å². The molecule has 1 aromatic rings. The first-order chi connectivity index (χ1) is 6.70. The predicted molar refractivity (Wildman–Crippen MR) is 48.5 cm³/mol. The fraction of sp³-hybridized carbons (Fsp3) is 0.750. The molecule has 78 valence electrons. The molecule has 1 aromatic heterocycles. The lowest BCUT2D eigenvalue weighted by Crippen LogP contribution is -2.09. The summed E-state index contributed by atoms with van der Waals surface area (Å²) in [7, 11) is 0. The highest BCUT2D eigenvalue weighted by Gasteiger charge is 2.09. The van der Waals surface area contributed by atoms with Crippen molar-refractivity contribution in [3.63, 3.8) is 0 Å². The smallest absolute Gasteiger partial charge is 0.306 e. The summed E-state index contributed by atoms with van der Waals surface area (Å²) in [5.41, 5.74) is 0. The average Bonchev–Trinajstić information content (AvgIpc) is 2.64. The Kier molecular flexibility index (Phi) is 4.03. The van der Waals surface area contributed by atoms with Crippen molar-refractivity contribution in [1.82, 2.24) is 20.2 Å². The summed E-state index contributed by atoms with van der Waals surface area (Å²) in [6.07, 6.45) is 4.05. The van der Waals surface area contributed by atoms with Crippen molar-refractivity contribution in [2.45, 2.75) is 32.7 Å². The van der Waals surface area contributed by atoms with Crippen LogP contribution in [0.1, 0.15) is 26.2 Å². The second kappa shape index (κ2) is 5.31. The maximum Gasteiger partial charge on any atom is 0.306 e. The molecule has 0 saturated carbocycles. The number of aromatic nitrogens is 4. The van der Waals surface area contributed by atoms with Gasteiger partial charge in [0.15, 0.2) is 0 Å². The second-order valence-corrected chi connectivity index (χ2v) is 3.31. The molecular weight excluding hydrogens is 184 g/mol. The van der Waals surface area contributed by atoms with Gasteiger partial charge in [0.2, 0.25) is 0 Å². The normalized spacial score (nSPS) is 12.6. The monoisotopic (exact) mass is 198 g/mol. The summed E-state index contributed by atoms with van der Waals surface area (Å²) in [5, 5.41) is 19.3. The molecule has 0 radical (unpaired) electrons. The van der Waals surface area contributed by atoms with E-state index >= 15 is 0 Å². The number of hydrogen-bond donors (Lipinski definition) is 1. The van der Waals surface area contributed by atoms with Crippen LogP contribution in [0, 0.1) is 5.92 Å². The van der Waals surface area contributed by atoms with Crippen molar-refractivity contribution in [2.24, 2.45) is 5.92 Å². The van der Waals surface area contributed by atoms with Gasteiger partial charge in [-0.3, -0.25) is 4.79 Å². The molecule has 6 nitrogen and oxygen atoms in total.